The molecule has 0 unspecified atom stereocenters. The summed E-state index contributed by atoms with van der Waals surface area (Å²) in [4.78, 5) is 145. The minimum Gasteiger partial charge on any atom is -0.387 e. The Morgan fingerprint density at radius 3 is 2.08 bits per heavy atom. The lowest BCUT2D eigenvalue weighted by Gasteiger charge is -2.30. The molecule has 5 rings (SSSR count). The van der Waals surface area contributed by atoms with Gasteiger partial charge in [-0.15, -0.1) is 0 Å². The van der Waals surface area contributed by atoms with E-state index < -0.39 is 120 Å². The smallest absolute Gasteiger partial charge is 0.248 e. The SMILES string of the molecule is CN(C)CCCC[C@@H]1NC(=O)[C@H](CS)NC(=O)C[C@@H](C(=O)N2CCC[C@H]2C(N)=O)NC(=O)[C@@H](NC(=O)[C@@H]2CCCN2C(=O)CO)CCCCNC(=O)[C@H](CS)NC(=O)[C@H](Cc2c[nH]c3ccccc23)NC1=O. The van der Waals surface area contributed by atoms with E-state index in [-0.39, 0.29) is 76.1 Å². The van der Waals surface area contributed by atoms with Crippen LogP contribution in [-0.2, 0) is 54.4 Å². The molecule has 1 aromatic heterocycles. The van der Waals surface area contributed by atoms with Gasteiger partial charge < -0.3 is 67.7 Å². The number of aliphatic hydroxyl groups is 1. The number of hydrogen-bond donors (Lipinski definition) is 12. The minimum absolute atomic E-state index is 0.0163. The molecule has 8 atom stereocenters. The van der Waals surface area contributed by atoms with Crippen LogP contribution >= 0.6 is 25.3 Å². The Bertz CT molecular complexity index is 2280. The number of thiol groups is 2. The molecule has 2 aromatic rings. The van der Waals surface area contributed by atoms with Crippen molar-refractivity contribution in [3.05, 3.63) is 36.0 Å². The Morgan fingerprint density at radius 1 is 0.750 bits per heavy atom. The molecular formula is C47H70N12O11S2. The lowest BCUT2D eigenvalue weighted by molar-refractivity contribution is -0.143. The lowest BCUT2D eigenvalue weighted by atomic mass is 10.0. The van der Waals surface area contributed by atoms with Crippen molar-refractivity contribution in [2.45, 2.75) is 125 Å². The Kier molecular flexibility index (Phi) is 22.0. The largest absolute Gasteiger partial charge is 0.387 e. The van der Waals surface area contributed by atoms with E-state index in [1.807, 2.05) is 43.3 Å². The van der Waals surface area contributed by atoms with E-state index in [4.69, 9.17) is 5.73 Å². The number of unbranched alkanes of at least 4 members (excludes halogenated alkanes) is 1. The zero-order valence-electron chi connectivity index (χ0n) is 40.8. The quantitative estimate of drug-likeness (QED) is 0.0683. The number of aromatic amines is 1. The second kappa shape index (κ2) is 27.8. The maximum atomic E-state index is 14.4. The molecule has 3 aliphatic heterocycles. The zero-order valence-corrected chi connectivity index (χ0v) is 42.6. The fourth-order valence-electron chi connectivity index (χ4n) is 9.19. The van der Waals surface area contributed by atoms with Crippen LogP contribution in [0.4, 0.5) is 0 Å². The number of likely N-dealkylation sites (tertiary alicyclic amines) is 2. The average Bonchev–Trinajstić information content (AvgIpc) is 4.15. The first-order chi connectivity index (χ1) is 34.4. The van der Waals surface area contributed by atoms with Crippen LogP contribution in [0.5, 0.6) is 0 Å². The molecule has 3 fully saturated rings. The number of H-pyrrole nitrogens is 1. The van der Waals surface area contributed by atoms with Gasteiger partial charge in [0.15, 0.2) is 0 Å². The van der Waals surface area contributed by atoms with Gasteiger partial charge in [-0.2, -0.15) is 25.3 Å². The van der Waals surface area contributed by atoms with Gasteiger partial charge in [-0.3, -0.25) is 47.9 Å². The Hall–Kier alpha value is -5.92. The number of amides is 10. The number of para-hydroxylation sites is 1. The number of benzene rings is 1. The predicted octanol–water partition coefficient (Wildman–Crippen LogP) is -2.64. The standard InChI is InChI=1S/C47H70N12O11S2/c1-57(2)18-8-6-14-30-42(65)54-32(21-27-23-50-29-12-4-3-11-28(27)29)44(67)56-34(25-71)41(64)49-17-7-5-13-31(53-46(69)37-16-10-19-58(37)39(62)24-60)43(66)55-33(22-38(61)51-35(26-72)45(68)52-30)47(70)59-20-9-15-36(59)40(48)63/h3-4,11-12,23,30-37,50,60,71-72H,5-10,13-22,24-26H2,1-2H3,(H2,48,63)(H,49,64)(H,51,61)(H,52,68)(H,53,69)(H,54,65)(H,55,66)(H,56,67)/t30-,31-,32-,33-,34-,35-,36-,37-/m0/s1. The van der Waals surface area contributed by atoms with Crippen molar-refractivity contribution >= 4 is 95.2 Å². The summed E-state index contributed by atoms with van der Waals surface area (Å²) in [7, 11) is 3.78. The number of carbonyl (C=O) groups is 10. The van der Waals surface area contributed by atoms with Crippen molar-refractivity contribution in [1.82, 2.24) is 56.9 Å². The summed E-state index contributed by atoms with van der Waals surface area (Å²) in [6.07, 6.45) is 3.90. The molecule has 25 heteroatoms. The highest BCUT2D eigenvalue weighted by atomic mass is 32.1. The minimum atomic E-state index is -1.65. The summed E-state index contributed by atoms with van der Waals surface area (Å²) in [6, 6.07) is -2.71. The first-order valence-corrected chi connectivity index (χ1v) is 25.7. The second-order valence-corrected chi connectivity index (χ2v) is 19.4. The van der Waals surface area contributed by atoms with Crippen molar-refractivity contribution in [2.24, 2.45) is 5.73 Å². The number of rotatable bonds is 14. The van der Waals surface area contributed by atoms with Crippen molar-refractivity contribution in [3.8, 4) is 0 Å². The van der Waals surface area contributed by atoms with E-state index in [0.717, 1.165) is 10.9 Å². The predicted molar refractivity (Wildman–Crippen MR) is 271 cm³/mol. The molecule has 4 heterocycles. The van der Waals surface area contributed by atoms with Gasteiger partial charge in [-0.25, -0.2) is 0 Å². The monoisotopic (exact) mass is 1040 g/mol. The molecule has 3 saturated heterocycles. The number of aromatic nitrogens is 1. The summed E-state index contributed by atoms with van der Waals surface area (Å²) in [6.45, 7) is 0.164. The third-order valence-corrected chi connectivity index (χ3v) is 13.8. The number of nitrogens with zero attached hydrogens (tertiary/aromatic N) is 3. The van der Waals surface area contributed by atoms with Crippen molar-refractivity contribution < 1.29 is 53.1 Å². The molecular weight excluding hydrogens is 973 g/mol. The number of primary amides is 1. The third-order valence-electron chi connectivity index (χ3n) is 13.1. The Morgan fingerprint density at radius 2 is 1.39 bits per heavy atom. The van der Waals surface area contributed by atoms with Gasteiger partial charge in [0.1, 0.15) is 54.9 Å². The fourth-order valence-corrected chi connectivity index (χ4v) is 9.71. The maximum absolute atomic E-state index is 14.4. The third kappa shape index (κ3) is 15.8. The number of nitrogens with one attached hydrogen (secondary N) is 8. The topological polar surface area (TPSA) is 327 Å². The first kappa shape index (κ1) is 57.0. The highest BCUT2D eigenvalue weighted by Crippen LogP contribution is 2.22. The molecule has 0 spiro atoms. The van der Waals surface area contributed by atoms with Crippen molar-refractivity contribution in [1.29, 1.82) is 0 Å². The molecule has 11 N–H and O–H groups in total. The van der Waals surface area contributed by atoms with Gasteiger partial charge in [-0.05, 0) is 96.5 Å². The van der Waals surface area contributed by atoms with Crippen LogP contribution in [0.1, 0.15) is 76.2 Å². The molecule has 72 heavy (non-hydrogen) atoms. The number of nitrogens with two attached hydrogens (primary N) is 1. The van der Waals surface area contributed by atoms with Gasteiger partial charge in [0.05, 0.1) is 6.42 Å². The van der Waals surface area contributed by atoms with Crippen LogP contribution in [-0.4, -0.2) is 191 Å². The van der Waals surface area contributed by atoms with Crippen molar-refractivity contribution in [3.63, 3.8) is 0 Å². The van der Waals surface area contributed by atoms with Crippen LogP contribution in [0.15, 0.2) is 30.5 Å². The van der Waals surface area contributed by atoms with Gasteiger partial charge >= 0.3 is 0 Å². The number of carbonyl (C=O) groups excluding carboxylic acids is 10. The summed E-state index contributed by atoms with van der Waals surface area (Å²) >= 11 is 8.68. The normalized spacial score (nSPS) is 25.8. The number of fused-ring (bicyclic) bond motifs is 1. The lowest BCUT2D eigenvalue weighted by Crippen LogP contribution is -2.60. The Labute approximate surface area is 429 Å². The molecule has 23 nitrogen and oxygen atoms in total. The van der Waals surface area contributed by atoms with Crippen LogP contribution < -0.4 is 43.0 Å². The summed E-state index contributed by atoms with van der Waals surface area (Å²) in [5, 5.41) is 29.2. The average molecular weight is 1040 g/mol. The summed E-state index contributed by atoms with van der Waals surface area (Å²) < 4.78 is 0. The van der Waals surface area contributed by atoms with Crippen LogP contribution in [0.2, 0.25) is 0 Å². The summed E-state index contributed by atoms with van der Waals surface area (Å²) in [5.41, 5.74) is 7.12. The van der Waals surface area contributed by atoms with Gasteiger partial charge in [0.2, 0.25) is 59.1 Å². The maximum Gasteiger partial charge on any atom is 0.248 e. The molecule has 0 aliphatic carbocycles. The highest BCUT2D eigenvalue weighted by Gasteiger charge is 2.41. The number of hydrogen-bond acceptors (Lipinski definition) is 14. The van der Waals surface area contributed by atoms with E-state index in [0.29, 0.717) is 37.8 Å². The van der Waals surface area contributed by atoms with E-state index in [1.54, 1.807) is 6.20 Å². The van der Waals surface area contributed by atoms with Crippen LogP contribution in [0.3, 0.4) is 0 Å². The van der Waals surface area contributed by atoms with Crippen LogP contribution in [0.25, 0.3) is 10.9 Å². The fraction of sp³-hybridized carbons (Fsp3) is 0.617. The summed E-state index contributed by atoms with van der Waals surface area (Å²) in [5.74, 6) is -8.01. The molecule has 10 amide bonds. The van der Waals surface area contributed by atoms with E-state index in [1.165, 1.54) is 9.80 Å². The molecule has 0 radical (unpaired) electrons. The van der Waals surface area contributed by atoms with Crippen LogP contribution in [0, 0.1) is 0 Å². The second-order valence-electron chi connectivity index (χ2n) is 18.6. The molecule has 1 aromatic carbocycles. The van der Waals surface area contributed by atoms with E-state index in [9.17, 15) is 53.1 Å². The van der Waals surface area contributed by atoms with Crippen molar-refractivity contribution in [2.75, 3.05) is 58.4 Å². The van der Waals surface area contributed by atoms with Gasteiger partial charge in [-0.1, -0.05) is 18.2 Å². The Balaban J connectivity index is 1.48. The first-order valence-electron chi connectivity index (χ1n) is 24.5. The van der Waals surface area contributed by atoms with E-state index >= 15 is 0 Å². The molecule has 0 bridgehead atoms. The zero-order chi connectivity index (χ0) is 52.5. The van der Waals surface area contributed by atoms with E-state index in [2.05, 4.69) is 67.5 Å². The van der Waals surface area contributed by atoms with Gasteiger partial charge in [0.25, 0.3) is 0 Å². The molecule has 396 valence electrons. The highest BCUT2D eigenvalue weighted by molar-refractivity contribution is 7.80. The molecule has 0 saturated carbocycles. The molecule has 3 aliphatic rings. The van der Waals surface area contributed by atoms with Gasteiger partial charge in [0, 0.05) is 54.7 Å². The number of aliphatic hydroxyl groups excluding tert-OH is 1.